The van der Waals surface area contributed by atoms with Crippen LogP contribution in [0.4, 0.5) is 5.69 Å². The summed E-state index contributed by atoms with van der Waals surface area (Å²) < 4.78 is 61.0. The van der Waals surface area contributed by atoms with Crippen LogP contribution in [0.5, 0.6) is 0 Å². The summed E-state index contributed by atoms with van der Waals surface area (Å²) in [4.78, 5) is 22.6. The summed E-state index contributed by atoms with van der Waals surface area (Å²) in [5, 5.41) is 12.0. The molecule has 1 aromatic carbocycles. The van der Waals surface area contributed by atoms with Crippen molar-refractivity contribution in [2.75, 3.05) is 26.0 Å². The summed E-state index contributed by atoms with van der Waals surface area (Å²) >= 11 is 0. The first kappa shape index (κ1) is 24.6. The topological polar surface area (TPSA) is 159 Å². The van der Waals surface area contributed by atoms with E-state index in [1.807, 2.05) is 0 Å². The Balaban J connectivity index is 1.89. The first-order chi connectivity index (χ1) is 15.5. The molecule has 0 N–H and O–H groups in total. The van der Waals surface area contributed by atoms with Crippen LogP contribution in [-0.4, -0.2) is 56.6 Å². The van der Waals surface area contributed by atoms with Crippen molar-refractivity contribution in [1.29, 1.82) is 0 Å². The van der Waals surface area contributed by atoms with Crippen LogP contribution >= 0.6 is 0 Å². The Bertz CT molecular complexity index is 1430. The van der Waals surface area contributed by atoms with Crippen molar-refractivity contribution >= 4 is 36.8 Å². The number of fused-ring (bicyclic) bond motifs is 1. The molecule has 0 saturated heterocycles. The van der Waals surface area contributed by atoms with E-state index in [-0.39, 0.29) is 38.2 Å². The largest absolute Gasteiger partial charge is 0.459 e. The molecule has 0 spiro atoms. The molecule has 3 aromatic rings. The fraction of sp³-hybridized carbons (Fsp3) is 0.316. The predicted molar refractivity (Wildman–Crippen MR) is 118 cm³/mol. The Kier molecular flexibility index (Phi) is 7.31. The highest BCUT2D eigenvalue weighted by molar-refractivity contribution is 7.89. The number of hydrogen-bond donors (Lipinski definition) is 0. The standard InChI is InChI=1S/C19H21N3O9S2/c1-32(26,27)31-13-4-9-21(33(28,29)17-6-3-2-5-16(17)22(24)25)12-11-20-10-7-15-8-14-30-18(15)19(20)23/h2-3,5-8,10,14H,4,9,11-13H2,1H3. The number of furan rings is 1. The van der Waals surface area contributed by atoms with Crippen molar-refractivity contribution in [1.82, 2.24) is 8.87 Å². The van der Waals surface area contributed by atoms with Gasteiger partial charge in [-0.05, 0) is 24.6 Å². The number of nitrogens with zero attached hydrogens (tertiary/aromatic N) is 3. The van der Waals surface area contributed by atoms with Gasteiger partial charge in [0.1, 0.15) is 0 Å². The minimum absolute atomic E-state index is 0.000944. The summed E-state index contributed by atoms with van der Waals surface area (Å²) in [6.07, 6.45) is 3.72. The van der Waals surface area contributed by atoms with E-state index in [0.29, 0.717) is 5.39 Å². The summed E-state index contributed by atoms with van der Waals surface area (Å²) in [7, 11) is -8.08. The molecule has 33 heavy (non-hydrogen) atoms. The molecule has 0 unspecified atom stereocenters. The van der Waals surface area contributed by atoms with E-state index in [0.717, 1.165) is 22.7 Å². The third-order valence-electron chi connectivity index (χ3n) is 4.70. The molecule has 2 heterocycles. The number of para-hydroxylation sites is 1. The maximum Gasteiger partial charge on any atom is 0.294 e. The number of rotatable bonds is 11. The average molecular weight is 500 g/mol. The molecule has 0 aliphatic heterocycles. The highest BCUT2D eigenvalue weighted by Crippen LogP contribution is 2.26. The van der Waals surface area contributed by atoms with Gasteiger partial charge in [-0.2, -0.15) is 12.7 Å². The van der Waals surface area contributed by atoms with Gasteiger partial charge in [0.15, 0.2) is 10.5 Å². The fourth-order valence-electron chi connectivity index (χ4n) is 3.16. The summed E-state index contributed by atoms with van der Waals surface area (Å²) in [5.74, 6) is 0. The molecule has 14 heteroatoms. The van der Waals surface area contributed by atoms with Crippen molar-refractivity contribution in [2.24, 2.45) is 0 Å². The quantitative estimate of drug-likeness (QED) is 0.165. The number of sulfonamides is 1. The smallest absolute Gasteiger partial charge is 0.294 e. The predicted octanol–water partition coefficient (Wildman–Crippen LogP) is 1.56. The molecule has 2 aromatic heterocycles. The Morgan fingerprint density at radius 3 is 2.55 bits per heavy atom. The highest BCUT2D eigenvalue weighted by atomic mass is 32.2. The van der Waals surface area contributed by atoms with Gasteiger partial charge in [-0.1, -0.05) is 12.1 Å². The van der Waals surface area contributed by atoms with Gasteiger partial charge in [0.05, 0.1) is 24.0 Å². The number of benzene rings is 1. The Hall–Kier alpha value is -3.07. The maximum atomic E-state index is 13.3. The van der Waals surface area contributed by atoms with Crippen LogP contribution in [-0.2, 0) is 30.9 Å². The Morgan fingerprint density at radius 1 is 1.12 bits per heavy atom. The van der Waals surface area contributed by atoms with Crippen LogP contribution in [0, 0.1) is 10.1 Å². The molecule has 3 rings (SSSR count). The van der Waals surface area contributed by atoms with Crippen LogP contribution < -0.4 is 5.56 Å². The highest BCUT2D eigenvalue weighted by Gasteiger charge is 2.31. The van der Waals surface area contributed by atoms with E-state index in [2.05, 4.69) is 4.18 Å². The lowest BCUT2D eigenvalue weighted by Gasteiger charge is -2.22. The van der Waals surface area contributed by atoms with E-state index in [4.69, 9.17) is 4.42 Å². The minimum atomic E-state index is -4.36. The van der Waals surface area contributed by atoms with Crippen molar-refractivity contribution in [3.63, 3.8) is 0 Å². The van der Waals surface area contributed by atoms with Crippen molar-refractivity contribution in [3.8, 4) is 0 Å². The van der Waals surface area contributed by atoms with Gasteiger partial charge in [0.25, 0.3) is 21.4 Å². The van der Waals surface area contributed by atoms with E-state index < -0.39 is 41.2 Å². The number of nitro groups is 1. The number of nitro benzene ring substituents is 1. The maximum absolute atomic E-state index is 13.3. The molecule has 0 aliphatic carbocycles. The molecular weight excluding hydrogens is 478 g/mol. The molecule has 0 bridgehead atoms. The number of aromatic nitrogens is 1. The second-order valence-corrected chi connectivity index (χ2v) is 10.6. The average Bonchev–Trinajstić information content (AvgIpc) is 3.23. The first-order valence-corrected chi connectivity index (χ1v) is 12.9. The SMILES string of the molecule is CS(=O)(=O)OCCCN(CCn1ccc2ccoc2c1=O)S(=O)(=O)c1ccccc1[N+](=O)[O-]. The minimum Gasteiger partial charge on any atom is -0.459 e. The van der Waals surface area contributed by atoms with Crippen LogP contribution in [0.2, 0.25) is 0 Å². The van der Waals surface area contributed by atoms with Gasteiger partial charge in [0.2, 0.25) is 10.0 Å². The summed E-state index contributed by atoms with van der Waals surface area (Å²) in [6.45, 7) is -0.747. The zero-order valence-electron chi connectivity index (χ0n) is 17.5. The second-order valence-electron chi connectivity index (χ2n) is 7.03. The molecule has 0 radical (unpaired) electrons. The molecule has 0 aliphatic rings. The lowest BCUT2D eigenvalue weighted by molar-refractivity contribution is -0.387. The number of pyridine rings is 1. The van der Waals surface area contributed by atoms with Crippen LogP contribution in [0.1, 0.15) is 6.42 Å². The fourth-order valence-corrected chi connectivity index (χ4v) is 5.20. The van der Waals surface area contributed by atoms with Crippen molar-refractivity contribution < 1.29 is 30.4 Å². The monoisotopic (exact) mass is 499 g/mol. The van der Waals surface area contributed by atoms with Crippen LogP contribution in [0.3, 0.4) is 0 Å². The molecule has 0 saturated carbocycles. The van der Waals surface area contributed by atoms with Crippen molar-refractivity contribution in [2.45, 2.75) is 17.9 Å². The van der Waals surface area contributed by atoms with Gasteiger partial charge in [-0.15, -0.1) is 0 Å². The molecule has 0 amide bonds. The zero-order chi connectivity index (χ0) is 24.2. The molecule has 178 valence electrons. The van der Waals surface area contributed by atoms with Gasteiger partial charge < -0.3 is 8.98 Å². The Labute approximate surface area is 189 Å². The zero-order valence-corrected chi connectivity index (χ0v) is 19.1. The van der Waals surface area contributed by atoms with Crippen LogP contribution in [0.25, 0.3) is 11.0 Å². The van der Waals surface area contributed by atoms with Gasteiger partial charge in [-0.3, -0.25) is 19.1 Å². The van der Waals surface area contributed by atoms with E-state index >= 15 is 0 Å². The molecule has 12 nitrogen and oxygen atoms in total. The first-order valence-electron chi connectivity index (χ1n) is 9.65. The van der Waals surface area contributed by atoms with Gasteiger partial charge in [0, 0.05) is 37.3 Å². The van der Waals surface area contributed by atoms with E-state index in [1.54, 1.807) is 12.1 Å². The summed E-state index contributed by atoms with van der Waals surface area (Å²) in [5.41, 5.74) is -0.933. The normalized spacial score (nSPS) is 12.4. The Morgan fingerprint density at radius 2 is 1.85 bits per heavy atom. The third kappa shape index (κ3) is 5.84. The molecule has 0 fully saturated rings. The summed E-state index contributed by atoms with van der Waals surface area (Å²) in [6, 6.07) is 8.16. The van der Waals surface area contributed by atoms with E-state index in [1.165, 1.54) is 29.2 Å². The van der Waals surface area contributed by atoms with Crippen molar-refractivity contribution in [3.05, 3.63) is 69.3 Å². The molecule has 0 atom stereocenters. The van der Waals surface area contributed by atoms with E-state index in [9.17, 15) is 31.7 Å². The van der Waals surface area contributed by atoms with Gasteiger partial charge >= 0.3 is 0 Å². The van der Waals surface area contributed by atoms with Gasteiger partial charge in [-0.25, -0.2) is 8.42 Å². The number of hydrogen-bond acceptors (Lipinski definition) is 9. The second kappa shape index (κ2) is 9.82. The lowest BCUT2D eigenvalue weighted by atomic mass is 10.3. The lowest BCUT2D eigenvalue weighted by Crippen LogP contribution is -2.37. The van der Waals surface area contributed by atoms with Crippen LogP contribution in [0.15, 0.2) is 63.0 Å². The molecular formula is C19H21N3O9S2. The third-order valence-corrected chi connectivity index (χ3v) is 7.25.